The van der Waals surface area contributed by atoms with E-state index in [1.165, 1.54) is 19.3 Å². The average molecular weight is 228 g/mol. The van der Waals surface area contributed by atoms with Gasteiger partial charge in [0.2, 0.25) is 0 Å². The largest absolute Gasteiger partial charge is 0.445 e. The molecule has 6 nitrogen and oxygen atoms in total. The highest BCUT2D eigenvalue weighted by atomic mass is 16.6. The zero-order valence-corrected chi connectivity index (χ0v) is 9.19. The Kier molecular flexibility index (Phi) is 7.52. The lowest BCUT2D eigenvalue weighted by molar-refractivity contribution is -0.133. The lowest BCUT2D eigenvalue weighted by Crippen LogP contribution is -2.46. The first kappa shape index (κ1) is 14.2. The monoisotopic (exact) mass is 228 g/mol. The van der Waals surface area contributed by atoms with E-state index < -0.39 is 18.0 Å². The third kappa shape index (κ3) is 5.82. The zero-order valence-electron chi connectivity index (χ0n) is 9.19. The quantitative estimate of drug-likeness (QED) is 0.492. The fraction of sp³-hybridized carbons (Fsp3) is 0.400. The Morgan fingerprint density at radius 3 is 2.56 bits per heavy atom. The SMILES string of the molecule is C=CCOC(=O)NC(CC=C)C(=O)NOC. The average Bonchev–Trinajstić information content (AvgIpc) is 2.26. The molecule has 0 rings (SSSR count). The summed E-state index contributed by atoms with van der Waals surface area (Å²) in [6.45, 7) is 6.96. The fourth-order valence-electron chi connectivity index (χ4n) is 0.888. The van der Waals surface area contributed by atoms with Crippen molar-refractivity contribution in [1.29, 1.82) is 0 Å². The van der Waals surface area contributed by atoms with Crippen molar-refractivity contribution >= 4 is 12.0 Å². The molecule has 0 aliphatic heterocycles. The topological polar surface area (TPSA) is 76.7 Å². The summed E-state index contributed by atoms with van der Waals surface area (Å²) < 4.78 is 4.67. The van der Waals surface area contributed by atoms with Crippen molar-refractivity contribution in [3.63, 3.8) is 0 Å². The molecule has 0 aliphatic rings. The lowest BCUT2D eigenvalue weighted by Gasteiger charge is -2.15. The number of carbonyl (C=O) groups is 2. The van der Waals surface area contributed by atoms with Crippen LogP contribution in [-0.2, 0) is 14.4 Å². The summed E-state index contributed by atoms with van der Waals surface area (Å²) in [4.78, 5) is 27.0. The van der Waals surface area contributed by atoms with Gasteiger partial charge in [-0.25, -0.2) is 10.3 Å². The van der Waals surface area contributed by atoms with Crippen molar-refractivity contribution in [2.45, 2.75) is 12.5 Å². The van der Waals surface area contributed by atoms with Crippen LogP contribution >= 0.6 is 0 Å². The molecule has 0 aromatic carbocycles. The molecule has 0 spiro atoms. The molecule has 0 heterocycles. The van der Waals surface area contributed by atoms with Crippen LogP contribution in [0, 0.1) is 0 Å². The van der Waals surface area contributed by atoms with Crippen LogP contribution in [0.15, 0.2) is 25.3 Å². The van der Waals surface area contributed by atoms with E-state index in [1.54, 1.807) is 0 Å². The minimum absolute atomic E-state index is 0.0819. The summed E-state index contributed by atoms with van der Waals surface area (Å²) in [5, 5.41) is 2.37. The predicted molar refractivity (Wildman–Crippen MR) is 58.4 cm³/mol. The summed E-state index contributed by atoms with van der Waals surface area (Å²) in [5.74, 6) is -0.474. The summed E-state index contributed by atoms with van der Waals surface area (Å²) in [7, 11) is 1.30. The van der Waals surface area contributed by atoms with Gasteiger partial charge in [0.15, 0.2) is 0 Å². The summed E-state index contributed by atoms with van der Waals surface area (Å²) in [6.07, 6.45) is 2.52. The zero-order chi connectivity index (χ0) is 12.4. The van der Waals surface area contributed by atoms with E-state index in [4.69, 9.17) is 0 Å². The van der Waals surface area contributed by atoms with Crippen LogP contribution in [0.5, 0.6) is 0 Å². The Labute approximate surface area is 94.2 Å². The molecule has 6 heteroatoms. The van der Waals surface area contributed by atoms with Crippen molar-refractivity contribution in [2.75, 3.05) is 13.7 Å². The van der Waals surface area contributed by atoms with E-state index in [2.05, 4.69) is 33.5 Å². The molecule has 16 heavy (non-hydrogen) atoms. The Hall–Kier alpha value is -1.82. The van der Waals surface area contributed by atoms with Gasteiger partial charge >= 0.3 is 6.09 Å². The highest BCUT2D eigenvalue weighted by Gasteiger charge is 2.19. The molecule has 0 saturated heterocycles. The minimum atomic E-state index is -0.769. The number of hydrogen-bond acceptors (Lipinski definition) is 4. The maximum Gasteiger partial charge on any atom is 0.408 e. The molecule has 0 radical (unpaired) electrons. The van der Waals surface area contributed by atoms with Crippen molar-refractivity contribution in [1.82, 2.24) is 10.8 Å². The molecule has 90 valence electrons. The van der Waals surface area contributed by atoms with Crippen LogP contribution in [-0.4, -0.2) is 31.8 Å². The van der Waals surface area contributed by atoms with Crippen LogP contribution in [0.3, 0.4) is 0 Å². The normalized spacial score (nSPS) is 11.1. The van der Waals surface area contributed by atoms with Gasteiger partial charge in [-0.15, -0.1) is 6.58 Å². The number of amides is 2. The van der Waals surface area contributed by atoms with E-state index >= 15 is 0 Å². The van der Waals surface area contributed by atoms with Gasteiger partial charge in [0.05, 0.1) is 7.11 Å². The Bertz CT molecular complexity index is 266. The summed E-state index contributed by atoms with van der Waals surface area (Å²) in [5.41, 5.74) is 2.11. The highest BCUT2D eigenvalue weighted by molar-refractivity contribution is 5.85. The van der Waals surface area contributed by atoms with E-state index in [9.17, 15) is 9.59 Å². The third-order valence-corrected chi connectivity index (χ3v) is 1.55. The van der Waals surface area contributed by atoms with E-state index in [0.717, 1.165) is 0 Å². The first-order chi connectivity index (χ1) is 7.65. The molecule has 1 unspecified atom stereocenters. The first-order valence-electron chi connectivity index (χ1n) is 4.63. The first-order valence-corrected chi connectivity index (χ1v) is 4.63. The maximum atomic E-state index is 11.4. The van der Waals surface area contributed by atoms with E-state index in [-0.39, 0.29) is 13.0 Å². The number of rotatable bonds is 7. The van der Waals surface area contributed by atoms with Gasteiger partial charge in [0.1, 0.15) is 12.6 Å². The van der Waals surface area contributed by atoms with E-state index in [0.29, 0.717) is 0 Å². The molecule has 0 aromatic rings. The summed E-state index contributed by atoms with van der Waals surface area (Å²) in [6, 6.07) is -0.769. The van der Waals surface area contributed by atoms with Gasteiger partial charge in [0, 0.05) is 0 Å². The van der Waals surface area contributed by atoms with Gasteiger partial charge in [0.25, 0.3) is 5.91 Å². The van der Waals surface area contributed by atoms with Crippen LogP contribution in [0.4, 0.5) is 4.79 Å². The molecule has 0 aromatic heterocycles. The molecular formula is C10H16N2O4. The number of ether oxygens (including phenoxy) is 1. The number of hydroxylamine groups is 1. The molecule has 1 atom stereocenters. The van der Waals surface area contributed by atoms with Crippen molar-refractivity contribution in [2.24, 2.45) is 0 Å². The third-order valence-electron chi connectivity index (χ3n) is 1.55. The van der Waals surface area contributed by atoms with Gasteiger partial charge in [-0.3, -0.25) is 9.63 Å². The number of carbonyl (C=O) groups excluding carboxylic acids is 2. The minimum Gasteiger partial charge on any atom is -0.445 e. The number of hydrogen-bond donors (Lipinski definition) is 2. The second kappa shape index (κ2) is 8.49. The van der Waals surface area contributed by atoms with Crippen LogP contribution in [0.25, 0.3) is 0 Å². The lowest BCUT2D eigenvalue weighted by atomic mass is 10.2. The maximum absolute atomic E-state index is 11.4. The Morgan fingerprint density at radius 2 is 2.06 bits per heavy atom. The predicted octanol–water partition coefficient (Wildman–Crippen LogP) is 0.521. The summed E-state index contributed by atoms with van der Waals surface area (Å²) >= 11 is 0. The molecule has 0 saturated carbocycles. The second-order valence-electron chi connectivity index (χ2n) is 2.78. The standard InChI is InChI=1S/C10H16N2O4/c1-4-6-8(9(13)12-15-3)11-10(14)16-7-5-2/h4-5,8H,1-2,6-7H2,3H3,(H,11,14)(H,12,13). The van der Waals surface area contributed by atoms with Crippen molar-refractivity contribution < 1.29 is 19.2 Å². The number of nitrogens with one attached hydrogen (secondary N) is 2. The van der Waals surface area contributed by atoms with Crippen molar-refractivity contribution in [3.8, 4) is 0 Å². The van der Waals surface area contributed by atoms with Gasteiger partial charge < -0.3 is 10.1 Å². The second-order valence-corrected chi connectivity index (χ2v) is 2.78. The van der Waals surface area contributed by atoms with Crippen molar-refractivity contribution in [3.05, 3.63) is 25.3 Å². The fourth-order valence-corrected chi connectivity index (χ4v) is 0.888. The molecular weight excluding hydrogens is 212 g/mol. The van der Waals surface area contributed by atoms with E-state index in [1.807, 2.05) is 0 Å². The molecule has 2 N–H and O–H groups in total. The smallest absolute Gasteiger partial charge is 0.408 e. The van der Waals surface area contributed by atoms with Crippen LogP contribution < -0.4 is 10.8 Å². The molecule has 0 aliphatic carbocycles. The Balaban J connectivity index is 4.20. The van der Waals surface area contributed by atoms with Gasteiger partial charge in [-0.1, -0.05) is 18.7 Å². The Morgan fingerprint density at radius 1 is 1.38 bits per heavy atom. The molecule has 2 amide bonds. The van der Waals surface area contributed by atoms with Gasteiger partial charge in [-0.05, 0) is 6.42 Å². The van der Waals surface area contributed by atoms with Crippen LogP contribution in [0.2, 0.25) is 0 Å². The number of alkyl carbamates (subject to hydrolysis) is 1. The molecule has 0 bridgehead atoms. The van der Waals surface area contributed by atoms with Gasteiger partial charge in [-0.2, -0.15) is 0 Å². The molecule has 0 fully saturated rings. The highest BCUT2D eigenvalue weighted by Crippen LogP contribution is 1.94. The van der Waals surface area contributed by atoms with Crippen LogP contribution in [0.1, 0.15) is 6.42 Å².